The Hall–Kier alpha value is -2.04. The summed E-state index contributed by atoms with van der Waals surface area (Å²) in [6, 6.07) is 3.93. The normalized spacial score (nSPS) is 15.4. The molecule has 2 amide bonds. The molecule has 5 nitrogen and oxygen atoms in total. The van der Waals surface area contributed by atoms with E-state index in [0.29, 0.717) is 19.7 Å². The van der Waals surface area contributed by atoms with Crippen molar-refractivity contribution in [1.82, 2.24) is 4.90 Å². The van der Waals surface area contributed by atoms with Crippen LogP contribution in [0.2, 0.25) is 0 Å². The van der Waals surface area contributed by atoms with Crippen molar-refractivity contribution in [2.24, 2.45) is 5.92 Å². The molecule has 1 heterocycles. The van der Waals surface area contributed by atoms with Gasteiger partial charge in [-0.2, -0.15) is 0 Å². The summed E-state index contributed by atoms with van der Waals surface area (Å²) < 4.78 is 5.58. The lowest BCUT2D eigenvalue weighted by Gasteiger charge is -2.30. The fraction of sp³-hybridized carbons (Fsp3) is 0.556. The first kappa shape index (κ1) is 17.3. The van der Waals surface area contributed by atoms with Crippen LogP contribution in [0.4, 0.5) is 5.69 Å². The molecular weight excluding hydrogens is 292 g/mol. The minimum atomic E-state index is -0.0307. The second kappa shape index (κ2) is 7.49. The lowest BCUT2D eigenvalue weighted by atomic mass is 9.95. The second-order valence-corrected chi connectivity index (χ2v) is 6.14. The maximum absolute atomic E-state index is 12.5. The van der Waals surface area contributed by atoms with Gasteiger partial charge in [0, 0.05) is 31.6 Å². The number of likely N-dealkylation sites (tertiary alicyclic amines) is 1. The number of nitrogens with one attached hydrogen (secondary N) is 1. The molecular formula is C18H26N2O3. The number of rotatable bonds is 4. The molecule has 1 saturated heterocycles. The number of carbonyl (C=O) groups excluding carboxylic acids is 2. The molecule has 1 fully saturated rings. The first-order valence-electron chi connectivity index (χ1n) is 8.22. The van der Waals surface area contributed by atoms with Gasteiger partial charge in [0.25, 0.3) is 0 Å². The van der Waals surface area contributed by atoms with E-state index in [1.165, 1.54) is 0 Å². The average Bonchev–Trinajstić information content (AvgIpc) is 2.52. The lowest BCUT2D eigenvalue weighted by molar-refractivity contribution is -0.132. The van der Waals surface area contributed by atoms with Crippen LogP contribution in [0.1, 0.15) is 37.8 Å². The highest BCUT2D eigenvalue weighted by molar-refractivity contribution is 5.93. The highest BCUT2D eigenvalue weighted by Gasteiger charge is 2.26. The molecule has 0 saturated carbocycles. The molecule has 1 aliphatic rings. The van der Waals surface area contributed by atoms with Gasteiger partial charge >= 0.3 is 0 Å². The number of nitrogens with zero attached hydrogens (tertiary/aromatic N) is 1. The predicted octanol–water partition coefficient (Wildman–Crippen LogP) is 2.90. The molecule has 0 unspecified atom stereocenters. The summed E-state index contributed by atoms with van der Waals surface area (Å²) in [5, 5.41) is 3.04. The summed E-state index contributed by atoms with van der Waals surface area (Å²) in [7, 11) is 0. The van der Waals surface area contributed by atoms with Gasteiger partial charge in [0.15, 0.2) is 0 Å². The summed E-state index contributed by atoms with van der Waals surface area (Å²) >= 11 is 0. The fourth-order valence-electron chi connectivity index (χ4n) is 2.93. The SMILES string of the molecule is CCOc1cc(C)c(NC(=O)C2CCN(C(C)=O)CC2)cc1C. The van der Waals surface area contributed by atoms with Crippen LogP contribution in [0, 0.1) is 19.8 Å². The number of piperidine rings is 1. The van der Waals surface area contributed by atoms with E-state index in [1.807, 2.05) is 32.9 Å². The first-order chi connectivity index (χ1) is 10.9. The zero-order chi connectivity index (χ0) is 17.0. The Kier molecular flexibility index (Phi) is 5.64. The van der Waals surface area contributed by atoms with Crippen LogP contribution < -0.4 is 10.1 Å². The molecule has 0 spiro atoms. The average molecular weight is 318 g/mol. The Morgan fingerprint density at radius 2 is 1.87 bits per heavy atom. The van der Waals surface area contributed by atoms with Crippen LogP contribution >= 0.6 is 0 Å². The molecule has 0 aliphatic carbocycles. The number of carbonyl (C=O) groups is 2. The molecule has 5 heteroatoms. The summed E-state index contributed by atoms with van der Waals surface area (Å²) in [6.45, 7) is 9.43. The first-order valence-corrected chi connectivity index (χ1v) is 8.22. The van der Waals surface area contributed by atoms with E-state index >= 15 is 0 Å². The summed E-state index contributed by atoms with van der Waals surface area (Å²) in [5.74, 6) is 0.955. The summed E-state index contributed by atoms with van der Waals surface area (Å²) in [6.07, 6.45) is 1.45. The van der Waals surface area contributed by atoms with Gasteiger partial charge in [-0.25, -0.2) is 0 Å². The number of ether oxygens (including phenoxy) is 1. The molecule has 0 radical (unpaired) electrons. The Balaban J connectivity index is 2.01. The van der Waals surface area contributed by atoms with Gasteiger partial charge in [-0.1, -0.05) is 0 Å². The van der Waals surface area contributed by atoms with Gasteiger partial charge in [-0.3, -0.25) is 9.59 Å². The van der Waals surface area contributed by atoms with Gasteiger partial charge in [0.05, 0.1) is 6.61 Å². The van der Waals surface area contributed by atoms with Crippen molar-refractivity contribution in [3.8, 4) is 5.75 Å². The summed E-state index contributed by atoms with van der Waals surface area (Å²) in [5.41, 5.74) is 2.85. The van der Waals surface area contributed by atoms with Crippen LogP contribution in [-0.2, 0) is 9.59 Å². The summed E-state index contributed by atoms with van der Waals surface area (Å²) in [4.78, 5) is 25.6. The van der Waals surface area contributed by atoms with Gasteiger partial charge in [0.1, 0.15) is 5.75 Å². The Morgan fingerprint density at radius 3 is 2.43 bits per heavy atom. The van der Waals surface area contributed by atoms with Gasteiger partial charge in [0.2, 0.25) is 11.8 Å². The molecule has 2 rings (SSSR count). The van der Waals surface area contributed by atoms with Crippen molar-refractivity contribution < 1.29 is 14.3 Å². The third-order valence-electron chi connectivity index (χ3n) is 4.39. The van der Waals surface area contributed by atoms with Crippen molar-refractivity contribution >= 4 is 17.5 Å². The van der Waals surface area contributed by atoms with E-state index in [1.54, 1.807) is 11.8 Å². The zero-order valence-corrected chi connectivity index (χ0v) is 14.4. The third-order valence-corrected chi connectivity index (χ3v) is 4.39. The molecule has 23 heavy (non-hydrogen) atoms. The van der Waals surface area contributed by atoms with Gasteiger partial charge < -0.3 is 15.0 Å². The van der Waals surface area contributed by atoms with Gasteiger partial charge in [-0.15, -0.1) is 0 Å². The Morgan fingerprint density at radius 1 is 1.22 bits per heavy atom. The fourth-order valence-corrected chi connectivity index (χ4v) is 2.93. The number of hydrogen-bond acceptors (Lipinski definition) is 3. The van der Waals surface area contributed by atoms with E-state index in [4.69, 9.17) is 4.74 Å². The maximum atomic E-state index is 12.5. The smallest absolute Gasteiger partial charge is 0.227 e. The van der Waals surface area contributed by atoms with Crippen LogP contribution in [0.25, 0.3) is 0 Å². The second-order valence-electron chi connectivity index (χ2n) is 6.14. The maximum Gasteiger partial charge on any atom is 0.227 e. The molecule has 126 valence electrons. The van der Waals surface area contributed by atoms with E-state index in [-0.39, 0.29) is 17.7 Å². The highest BCUT2D eigenvalue weighted by atomic mass is 16.5. The molecule has 1 aromatic carbocycles. The van der Waals surface area contributed by atoms with E-state index in [2.05, 4.69) is 5.32 Å². The van der Waals surface area contributed by atoms with Crippen LogP contribution in [0.3, 0.4) is 0 Å². The lowest BCUT2D eigenvalue weighted by Crippen LogP contribution is -2.40. The predicted molar refractivity (Wildman–Crippen MR) is 90.7 cm³/mol. The minimum absolute atomic E-state index is 0.0307. The van der Waals surface area contributed by atoms with E-state index in [9.17, 15) is 9.59 Å². The Labute approximate surface area is 138 Å². The molecule has 0 bridgehead atoms. The van der Waals surface area contributed by atoms with Crippen LogP contribution in [0.5, 0.6) is 5.75 Å². The molecule has 0 atom stereocenters. The topological polar surface area (TPSA) is 58.6 Å². The minimum Gasteiger partial charge on any atom is -0.494 e. The van der Waals surface area contributed by atoms with Crippen molar-refractivity contribution in [3.05, 3.63) is 23.3 Å². The largest absolute Gasteiger partial charge is 0.494 e. The highest BCUT2D eigenvalue weighted by Crippen LogP contribution is 2.27. The quantitative estimate of drug-likeness (QED) is 0.928. The number of benzene rings is 1. The van der Waals surface area contributed by atoms with Gasteiger partial charge in [-0.05, 0) is 56.9 Å². The van der Waals surface area contributed by atoms with Crippen LogP contribution in [0.15, 0.2) is 12.1 Å². The van der Waals surface area contributed by atoms with Crippen molar-refractivity contribution in [1.29, 1.82) is 0 Å². The number of amides is 2. The molecule has 1 aromatic rings. The zero-order valence-electron chi connectivity index (χ0n) is 14.4. The van der Waals surface area contributed by atoms with E-state index in [0.717, 1.165) is 35.4 Å². The van der Waals surface area contributed by atoms with Crippen molar-refractivity contribution in [2.45, 2.75) is 40.5 Å². The van der Waals surface area contributed by atoms with Crippen molar-refractivity contribution in [2.75, 3.05) is 25.0 Å². The molecule has 0 aromatic heterocycles. The van der Waals surface area contributed by atoms with E-state index < -0.39 is 0 Å². The molecule has 1 aliphatic heterocycles. The van der Waals surface area contributed by atoms with Crippen molar-refractivity contribution in [3.63, 3.8) is 0 Å². The number of aryl methyl sites for hydroxylation is 2. The third kappa shape index (κ3) is 4.24. The Bertz CT molecular complexity index is 590. The molecule has 1 N–H and O–H groups in total. The standard InChI is InChI=1S/C18H26N2O3/c1-5-23-17-11-12(2)16(10-13(17)3)19-18(22)15-6-8-20(9-7-15)14(4)21/h10-11,15H,5-9H2,1-4H3,(H,19,22). The number of hydrogen-bond donors (Lipinski definition) is 1. The van der Waals surface area contributed by atoms with Crippen LogP contribution in [-0.4, -0.2) is 36.4 Å². The monoisotopic (exact) mass is 318 g/mol. The number of anilines is 1.